The van der Waals surface area contributed by atoms with Crippen LogP contribution >= 0.6 is 11.6 Å². The minimum Gasteiger partial charge on any atom is -0.496 e. The smallest absolute Gasteiger partial charge is 0.259 e. The Hall–Kier alpha value is -2.40. The summed E-state index contributed by atoms with van der Waals surface area (Å²) in [6, 6.07) is 10.4. The Balaban J connectivity index is 1.75. The van der Waals surface area contributed by atoms with Crippen molar-refractivity contribution in [1.82, 2.24) is 0 Å². The summed E-state index contributed by atoms with van der Waals surface area (Å²) >= 11 is 6.03. The Labute approximate surface area is 152 Å². The second kappa shape index (κ2) is 7.66. The number of amides is 1. The zero-order valence-electron chi connectivity index (χ0n) is 14.0. The van der Waals surface area contributed by atoms with Crippen LogP contribution in [0.5, 0.6) is 11.5 Å². The number of benzene rings is 2. The fraction of sp³-hybridized carbons (Fsp3) is 0.316. The summed E-state index contributed by atoms with van der Waals surface area (Å²) in [5.74, 6) is 0.807. The first kappa shape index (κ1) is 17.4. The molecule has 3 rings (SSSR count). The Bertz CT molecular complexity index is 773. The molecule has 1 fully saturated rings. The van der Waals surface area contributed by atoms with Gasteiger partial charge in [-0.15, -0.1) is 0 Å². The summed E-state index contributed by atoms with van der Waals surface area (Å²) in [5, 5.41) is 3.16. The molecule has 2 aromatic rings. The zero-order valence-corrected chi connectivity index (χ0v) is 14.8. The van der Waals surface area contributed by atoms with Gasteiger partial charge < -0.3 is 20.5 Å². The normalized spacial score (nSPS) is 14.3. The fourth-order valence-corrected chi connectivity index (χ4v) is 3.12. The molecule has 132 valence electrons. The van der Waals surface area contributed by atoms with Gasteiger partial charge in [-0.1, -0.05) is 17.7 Å². The Morgan fingerprint density at radius 2 is 2.00 bits per heavy atom. The topological polar surface area (TPSA) is 73.6 Å². The lowest BCUT2D eigenvalue weighted by Crippen LogP contribution is -2.14. The number of anilines is 2. The van der Waals surface area contributed by atoms with Gasteiger partial charge in [-0.25, -0.2) is 0 Å². The third-order valence-electron chi connectivity index (χ3n) is 4.26. The number of methoxy groups -OCH3 is 1. The van der Waals surface area contributed by atoms with Crippen LogP contribution in [-0.4, -0.2) is 19.1 Å². The molecule has 0 spiro atoms. The van der Waals surface area contributed by atoms with Crippen molar-refractivity contribution in [3.63, 3.8) is 0 Å². The first-order chi connectivity index (χ1) is 12.1. The van der Waals surface area contributed by atoms with Gasteiger partial charge in [-0.3, -0.25) is 4.79 Å². The van der Waals surface area contributed by atoms with Crippen molar-refractivity contribution in [3.05, 3.63) is 47.0 Å². The Kier molecular flexibility index (Phi) is 5.34. The van der Waals surface area contributed by atoms with Gasteiger partial charge in [-0.05, 0) is 43.9 Å². The van der Waals surface area contributed by atoms with E-state index in [0.717, 1.165) is 18.6 Å². The summed E-state index contributed by atoms with van der Waals surface area (Å²) in [6.07, 6.45) is 4.84. The molecule has 0 bridgehead atoms. The number of hydrogen-bond donors (Lipinski definition) is 2. The standard InChI is InChI=1S/C19H21ClN2O3/c1-24-18-11-17(21)16(20)10-15(18)19(23)22-12-5-4-8-14(9-12)25-13-6-2-3-7-13/h4-5,8-11,13H,2-3,6-7,21H2,1H3,(H,22,23). The van der Waals surface area contributed by atoms with Crippen molar-refractivity contribution in [2.75, 3.05) is 18.2 Å². The van der Waals surface area contributed by atoms with Crippen LogP contribution in [0.4, 0.5) is 11.4 Å². The summed E-state index contributed by atoms with van der Waals surface area (Å²) in [6.45, 7) is 0. The zero-order chi connectivity index (χ0) is 17.8. The molecule has 5 nitrogen and oxygen atoms in total. The summed E-state index contributed by atoms with van der Waals surface area (Å²) in [4.78, 5) is 12.6. The summed E-state index contributed by atoms with van der Waals surface area (Å²) < 4.78 is 11.2. The average Bonchev–Trinajstić information content (AvgIpc) is 3.10. The van der Waals surface area contributed by atoms with Crippen LogP contribution in [-0.2, 0) is 0 Å². The van der Waals surface area contributed by atoms with E-state index in [4.69, 9.17) is 26.8 Å². The number of carbonyl (C=O) groups excluding carboxylic acids is 1. The molecule has 3 N–H and O–H groups in total. The molecule has 0 heterocycles. The van der Waals surface area contributed by atoms with E-state index in [1.807, 2.05) is 24.3 Å². The predicted octanol–water partition coefficient (Wildman–Crippen LogP) is 4.50. The van der Waals surface area contributed by atoms with Gasteiger partial charge >= 0.3 is 0 Å². The molecule has 25 heavy (non-hydrogen) atoms. The van der Waals surface area contributed by atoms with E-state index in [9.17, 15) is 4.79 Å². The van der Waals surface area contributed by atoms with Crippen LogP contribution in [0.2, 0.25) is 5.02 Å². The molecule has 6 heteroatoms. The minimum absolute atomic E-state index is 0.266. The van der Waals surface area contributed by atoms with Crippen LogP contribution in [0.3, 0.4) is 0 Å². The third kappa shape index (κ3) is 4.17. The monoisotopic (exact) mass is 360 g/mol. The molecule has 0 unspecified atom stereocenters. The maximum Gasteiger partial charge on any atom is 0.259 e. The number of halogens is 1. The first-order valence-corrected chi connectivity index (χ1v) is 8.65. The number of nitrogen functional groups attached to an aromatic ring is 1. The highest BCUT2D eigenvalue weighted by atomic mass is 35.5. The van der Waals surface area contributed by atoms with Crippen LogP contribution in [0.15, 0.2) is 36.4 Å². The molecule has 0 radical (unpaired) electrons. The maximum atomic E-state index is 12.6. The highest BCUT2D eigenvalue weighted by Crippen LogP contribution is 2.30. The van der Waals surface area contributed by atoms with Gasteiger partial charge in [0.05, 0.1) is 29.5 Å². The molecule has 1 amide bonds. The highest BCUT2D eigenvalue weighted by molar-refractivity contribution is 6.33. The largest absolute Gasteiger partial charge is 0.496 e. The second-order valence-corrected chi connectivity index (χ2v) is 6.49. The Morgan fingerprint density at radius 1 is 1.24 bits per heavy atom. The molecule has 0 aliphatic heterocycles. The molecule has 0 saturated heterocycles. The molecule has 2 aromatic carbocycles. The highest BCUT2D eigenvalue weighted by Gasteiger charge is 2.18. The van der Waals surface area contributed by atoms with Crippen molar-refractivity contribution < 1.29 is 14.3 Å². The molecule has 0 atom stereocenters. The van der Waals surface area contributed by atoms with Gasteiger partial charge in [0.25, 0.3) is 5.91 Å². The van der Waals surface area contributed by atoms with E-state index < -0.39 is 0 Å². The van der Waals surface area contributed by atoms with E-state index in [1.54, 1.807) is 0 Å². The maximum absolute atomic E-state index is 12.6. The third-order valence-corrected chi connectivity index (χ3v) is 4.59. The number of rotatable bonds is 5. The van der Waals surface area contributed by atoms with E-state index in [0.29, 0.717) is 27.7 Å². The van der Waals surface area contributed by atoms with E-state index in [1.165, 1.54) is 32.1 Å². The summed E-state index contributed by atoms with van der Waals surface area (Å²) in [5.41, 5.74) is 7.09. The van der Waals surface area contributed by atoms with Crippen molar-refractivity contribution in [2.45, 2.75) is 31.8 Å². The van der Waals surface area contributed by atoms with Crippen molar-refractivity contribution >= 4 is 28.9 Å². The Morgan fingerprint density at radius 3 is 2.72 bits per heavy atom. The van der Waals surface area contributed by atoms with E-state index >= 15 is 0 Å². The van der Waals surface area contributed by atoms with Crippen molar-refractivity contribution in [1.29, 1.82) is 0 Å². The van der Waals surface area contributed by atoms with Crippen molar-refractivity contribution in [3.8, 4) is 11.5 Å². The molecular formula is C19H21ClN2O3. The number of carbonyl (C=O) groups is 1. The van der Waals surface area contributed by atoms with E-state index in [-0.39, 0.29) is 12.0 Å². The SMILES string of the molecule is COc1cc(N)c(Cl)cc1C(=O)Nc1cccc(OC2CCCC2)c1. The lowest BCUT2D eigenvalue weighted by Gasteiger charge is -2.15. The van der Waals surface area contributed by atoms with Gasteiger partial charge in [0.1, 0.15) is 11.5 Å². The number of ether oxygens (including phenoxy) is 2. The van der Waals surface area contributed by atoms with Crippen LogP contribution in [0.25, 0.3) is 0 Å². The molecule has 0 aromatic heterocycles. The molecule has 1 aliphatic rings. The van der Waals surface area contributed by atoms with Gasteiger partial charge in [0.15, 0.2) is 0 Å². The average molecular weight is 361 g/mol. The fourth-order valence-electron chi connectivity index (χ4n) is 2.96. The summed E-state index contributed by atoms with van der Waals surface area (Å²) in [7, 11) is 1.48. The number of nitrogens with two attached hydrogens (primary N) is 1. The lowest BCUT2D eigenvalue weighted by molar-refractivity contribution is 0.102. The molecule has 1 saturated carbocycles. The van der Waals surface area contributed by atoms with Gasteiger partial charge in [0.2, 0.25) is 0 Å². The molecular weight excluding hydrogens is 340 g/mol. The second-order valence-electron chi connectivity index (χ2n) is 6.08. The van der Waals surface area contributed by atoms with Gasteiger partial charge in [-0.2, -0.15) is 0 Å². The quantitative estimate of drug-likeness (QED) is 0.769. The van der Waals surface area contributed by atoms with Crippen molar-refractivity contribution in [2.24, 2.45) is 0 Å². The van der Waals surface area contributed by atoms with Crippen LogP contribution in [0, 0.1) is 0 Å². The number of nitrogens with one attached hydrogen (secondary N) is 1. The van der Waals surface area contributed by atoms with Crippen LogP contribution in [0.1, 0.15) is 36.0 Å². The van der Waals surface area contributed by atoms with Gasteiger partial charge in [0, 0.05) is 17.8 Å². The lowest BCUT2D eigenvalue weighted by atomic mass is 10.1. The molecule has 1 aliphatic carbocycles. The first-order valence-electron chi connectivity index (χ1n) is 8.28. The van der Waals surface area contributed by atoms with Crippen LogP contribution < -0.4 is 20.5 Å². The predicted molar refractivity (Wildman–Crippen MR) is 99.7 cm³/mol. The van der Waals surface area contributed by atoms with E-state index in [2.05, 4.69) is 5.32 Å². The number of hydrogen-bond acceptors (Lipinski definition) is 4. The minimum atomic E-state index is -0.322.